The second-order valence-electron chi connectivity index (χ2n) is 13.1. The second-order valence-corrected chi connectivity index (χ2v) is 14.1. The molecule has 2 aromatic heterocycles. The molecule has 3 aromatic rings. The Morgan fingerprint density at radius 2 is 1.38 bits per heavy atom. The van der Waals surface area contributed by atoms with Crippen molar-refractivity contribution in [2.24, 2.45) is 0 Å². The van der Waals surface area contributed by atoms with Gasteiger partial charge in [-0.1, -0.05) is 146 Å². The normalized spacial score (nSPS) is 13.0. The third-order valence-corrected chi connectivity index (χ3v) is 9.83. The summed E-state index contributed by atoms with van der Waals surface area (Å²) in [5.74, 6) is 0.399. The van der Waals surface area contributed by atoms with Gasteiger partial charge in [-0.25, -0.2) is 9.50 Å². The molecule has 0 fully saturated rings. The molecule has 11 heteroatoms. The van der Waals surface area contributed by atoms with Crippen molar-refractivity contribution in [3.63, 3.8) is 0 Å². The number of hydrogen-bond donors (Lipinski definition) is 3. The summed E-state index contributed by atoms with van der Waals surface area (Å²) in [4.78, 5) is 14.2. The maximum Gasteiger partial charge on any atom is 0.329 e. The van der Waals surface area contributed by atoms with Crippen LogP contribution >= 0.6 is 8.60 Å². The lowest BCUT2D eigenvalue weighted by Crippen LogP contribution is -2.35. The summed E-state index contributed by atoms with van der Waals surface area (Å²) in [6, 6.07) is 15.5. The number of hydrogen-bond acceptors (Lipinski definition) is 9. The molecule has 0 radical (unpaired) electrons. The van der Waals surface area contributed by atoms with Crippen molar-refractivity contribution in [1.82, 2.24) is 14.6 Å². The van der Waals surface area contributed by atoms with Crippen molar-refractivity contribution in [3.05, 3.63) is 60.0 Å². The number of anilines is 1. The summed E-state index contributed by atoms with van der Waals surface area (Å²) < 4.78 is 18.2. The predicted octanol–water partition coefficient (Wildman–Crippen LogP) is 9.63. The van der Waals surface area contributed by atoms with Crippen molar-refractivity contribution >= 4 is 19.9 Å². The minimum absolute atomic E-state index is 0.0816. The molecule has 0 bridgehead atoms. The van der Waals surface area contributed by atoms with Gasteiger partial charge in [0.05, 0.1) is 19.8 Å². The van der Waals surface area contributed by atoms with Gasteiger partial charge in [0.15, 0.2) is 11.4 Å². The first-order valence-corrected chi connectivity index (χ1v) is 20.0. The average molecular weight is 714 g/mol. The lowest BCUT2D eigenvalue weighted by molar-refractivity contribution is -0.0108. The van der Waals surface area contributed by atoms with Crippen LogP contribution in [0.2, 0.25) is 0 Å². The number of nitrogens with zero attached hydrogens (tertiary/aromatic N) is 4. The number of ether oxygens (including phenoxy) is 1. The molecule has 50 heavy (non-hydrogen) atoms. The SMILES string of the molecule is CCCCCCCCCCCCCCCCCCCCOP(O)OCC(C#N)(CCc1ccc2c(N)ncnn12)OC.OCc1ccccc1. The van der Waals surface area contributed by atoms with Crippen LogP contribution in [0, 0.1) is 11.3 Å². The Morgan fingerprint density at radius 3 is 1.88 bits per heavy atom. The van der Waals surface area contributed by atoms with Crippen LogP contribution < -0.4 is 5.73 Å². The standard InChI is InChI=1S/C32H56N5O4P.C7H8O/c1-3-4-5-6-7-8-9-10-11-12-13-14-15-16-17-18-19-20-25-40-42(38)41-27-32(26-33,39-2)24-23-29-21-22-30-31(34)35-28-36-37(29)30;8-6-7-4-2-1-3-5-7/h21-22,28,38H,3-20,23-25,27H2,1-2H3,(H2,34,35,36);1-5,8H,6H2. The summed E-state index contributed by atoms with van der Waals surface area (Å²) in [7, 11) is -0.590. The van der Waals surface area contributed by atoms with Crippen molar-refractivity contribution in [1.29, 1.82) is 5.26 Å². The molecule has 4 N–H and O–H groups in total. The number of aliphatic hydroxyl groups is 1. The molecule has 280 valence electrons. The molecule has 2 heterocycles. The topological polar surface area (TPSA) is 148 Å². The van der Waals surface area contributed by atoms with Gasteiger partial charge in [0.25, 0.3) is 0 Å². The lowest BCUT2D eigenvalue weighted by Gasteiger charge is -2.25. The van der Waals surface area contributed by atoms with E-state index in [1.165, 1.54) is 116 Å². The van der Waals surface area contributed by atoms with Crippen LogP contribution in [0.15, 0.2) is 48.8 Å². The van der Waals surface area contributed by atoms with E-state index in [9.17, 15) is 10.2 Å². The van der Waals surface area contributed by atoms with Crippen LogP contribution in [0.5, 0.6) is 0 Å². The number of nitriles is 1. The van der Waals surface area contributed by atoms with Gasteiger partial charge >= 0.3 is 8.60 Å². The van der Waals surface area contributed by atoms with Crippen molar-refractivity contribution in [2.75, 3.05) is 26.1 Å². The second kappa shape index (κ2) is 28.0. The highest BCUT2D eigenvalue weighted by molar-refractivity contribution is 7.40. The number of nitrogen functional groups attached to an aromatic ring is 1. The van der Waals surface area contributed by atoms with Crippen LogP contribution in [-0.4, -0.2) is 50.5 Å². The van der Waals surface area contributed by atoms with E-state index >= 15 is 0 Å². The zero-order valence-corrected chi connectivity index (χ0v) is 31.7. The minimum atomic E-state index is -2.06. The van der Waals surface area contributed by atoms with E-state index in [-0.39, 0.29) is 13.2 Å². The highest BCUT2D eigenvalue weighted by Gasteiger charge is 2.32. The van der Waals surface area contributed by atoms with Crippen LogP contribution in [0.3, 0.4) is 0 Å². The van der Waals surface area contributed by atoms with E-state index < -0.39 is 14.2 Å². The van der Waals surface area contributed by atoms with E-state index in [0.717, 1.165) is 29.6 Å². The number of fused-ring (bicyclic) bond motifs is 1. The van der Waals surface area contributed by atoms with E-state index in [1.807, 2.05) is 42.5 Å². The number of aliphatic hydroxyl groups excluding tert-OH is 1. The molecular weight excluding hydrogens is 649 g/mol. The molecule has 0 aliphatic rings. The smallest absolute Gasteiger partial charge is 0.329 e. The molecular formula is C39H64N5O5P. The fourth-order valence-corrected chi connectivity index (χ4v) is 6.50. The van der Waals surface area contributed by atoms with Gasteiger partial charge in [0.1, 0.15) is 17.9 Å². The molecule has 0 amide bonds. The van der Waals surface area contributed by atoms with E-state index in [0.29, 0.717) is 25.3 Å². The Balaban J connectivity index is 0.000000946. The Labute approximate surface area is 302 Å². The highest BCUT2D eigenvalue weighted by atomic mass is 31.2. The van der Waals surface area contributed by atoms with Gasteiger partial charge in [-0.05, 0) is 37.0 Å². The van der Waals surface area contributed by atoms with Gasteiger partial charge in [-0.3, -0.25) is 0 Å². The lowest BCUT2D eigenvalue weighted by atomic mass is 9.99. The summed E-state index contributed by atoms with van der Waals surface area (Å²) in [6.45, 7) is 2.79. The number of aryl methyl sites for hydroxylation is 1. The molecule has 0 spiro atoms. The summed E-state index contributed by atoms with van der Waals surface area (Å²) >= 11 is 0. The Kier molecular flexibility index (Phi) is 24.4. The molecule has 0 saturated heterocycles. The minimum Gasteiger partial charge on any atom is -0.392 e. The molecule has 0 aliphatic heterocycles. The number of aromatic nitrogens is 3. The molecule has 10 nitrogen and oxygen atoms in total. The zero-order valence-electron chi connectivity index (χ0n) is 30.8. The molecule has 2 unspecified atom stereocenters. The van der Waals surface area contributed by atoms with Crippen LogP contribution in [0.4, 0.5) is 5.82 Å². The zero-order chi connectivity index (χ0) is 36.1. The van der Waals surface area contributed by atoms with Crippen LogP contribution in [-0.2, 0) is 26.8 Å². The van der Waals surface area contributed by atoms with Gasteiger partial charge < -0.3 is 29.5 Å². The Morgan fingerprint density at radius 1 is 0.820 bits per heavy atom. The molecule has 1 aromatic carbocycles. The summed E-state index contributed by atoms with van der Waals surface area (Å²) in [5.41, 5.74) is 7.26. The molecule has 0 aliphatic carbocycles. The third-order valence-electron chi connectivity index (χ3n) is 9.07. The predicted molar refractivity (Wildman–Crippen MR) is 203 cm³/mol. The van der Waals surface area contributed by atoms with Gasteiger partial charge in [-0.2, -0.15) is 10.4 Å². The number of unbranched alkanes of at least 4 members (excludes halogenated alkanes) is 17. The number of rotatable bonds is 28. The van der Waals surface area contributed by atoms with Crippen LogP contribution in [0.1, 0.15) is 140 Å². The van der Waals surface area contributed by atoms with E-state index in [4.69, 9.17) is 24.6 Å². The average Bonchev–Trinajstić information content (AvgIpc) is 3.58. The van der Waals surface area contributed by atoms with E-state index in [2.05, 4.69) is 23.1 Å². The highest BCUT2D eigenvalue weighted by Crippen LogP contribution is 2.35. The third kappa shape index (κ3) is 18.6. The van der Waals surface area contributed by atoms with E-state index in [1.54, 1.807) is 4.52 Å². The maximum atomic E-state index is 10.2. The first-order valence-electron chi connectivity index (χ1n) is 18.9. The van der Waals surface area contributed by atoms with Gasteiger partial charge in [0, 0.05) is 12.8 Å². The molecule has 2 atom stereocenters. The van der Waals surface area contributed by atoms with Crippen molar-refractivity contribution < 1.29 is 23.8 Å². The number of nitrogens with two attached hydrogens (primary N) is 1. The maximum absolute atomic E-state index is 10.2. The molecule has 0 saturated carbocycles. The van der Waals surface area contributed by atoms with Crippen molar-refractivity contribution in [2.45, 2.75) is 148 Å². The van der Waals surface area contributed by atoms with Gasteiger partial charge in [0.2, 0.25) is 0 Å². The fraction of sp³-hybridized carbons (Fsp3) is 0.667. The quantitative estimate of drug-likeness (QED) is 0.0494. The number of benzene rings is 1. The summed E-state index contributed by atoms with van der Waals surface area (Å²) in [6.07, 6.45) is 26.2. The first-order chi connectivity index (χ1) is 24.5. The van der Waals surface area contributed by atoms with Crippen LogP contribution in [0.25, 0.3) is 5.52 Å². The monoisotopic (exact) mass is 713 g/mol. The fourth-order valence-electron chi connectivity index (χ4n) is 5.82. The number of methoxy groups -OCH3 is 1. The first kappa shape index (κ1) is 43.5. The van der Waals surface area contributed by atoms with Gasteiger partial charge in [-0.15, -0.1) is 0 Å². The largest absolute Gasteiger partial charge is 0.392 e. The Hall–Kier alpha value is -2.64. The molecule has 3 rings (SSSR count). The van der Waals surface area contributed by atoms with Crippen molar-refractivity contribution in [3.8, 4) is 6.07 Å². The Bertz CT molecular complexity index is 1290. The summed E-state index contributed by atoms with van der Waals surface area (Å²) in [5, 5.41) is 22.6.